The fourth-order valence-electron chi connectivity index (χ4n) is 5.19. The zero-order valence-electron chi connectivity index (χ0n) is 31.1. The second-order valence-electron chi connectivity index (χ2n) is 12.4. The Hall–Kier alpha value is -3.17. The van der Waals surface area contributed by atoms with E-state index >= 15 is 0 Å². The van der Waals surface area contributed by atoms with Crippen LogP contribution in [0.25, 0.3) is 0 Å². The van der Waals surface area contributed by atoms with Gasteiger partial charge >= 0.3 is 5.97 Å². The molecule has 4 unspecified atom stereocenters. The Kier molecular flexibility index (Phi) is 32.8. The number of rotatable bonds is 6. The first-order valence-corrected chi connectivity index (χ1v) is 18.7. The Morgan fingerprint density at radius 1 is 0.688 bits per heavy atom. The zero-order chi connectivity index (χ0) is 35.3. The Morgan fingerprint density at radius 3 is 1.60 bits per heavy atom. The smallest absolute Gasteiger partial charge is 0.303 e. The first-order valence-electron chi connectivity index (χ1n) is 18.7. The average molecular weight is 659 g/mol. The first-order chi connectivity index (χ1) is 23.5. The second kappa shape index (κ2) is 35.1. The molecule has 48 heavy (non-hydrogen) atoms. The molecule has 0 radical (unpaired) electrons. The summed E-state index contributed by atoms with van der Waals surface area (Å²) >= 11 is 0. The number of carbonyl (C=O) groups is 1. The first kappa shape index (κ1) is 44.8. The number of unbranched alkanes of at least 4 members (excludes halogenated alkanes) is 1. The molecule has 4 atom stereocenters. The Bertz CT molecular complexity index is 994. The van der Waals surface area contributed by atoms with E-state index in [1.165, 1.54) is 77.6 Å². The summed E-state index contributed by atoms with van der Waals surface area (Å²) in [4.78, 5) is 10.3. The zero-order valence-corrected chi connectivity index (χ0v) is 31.1. The van der Waals surface area contributed by atoms with Crippen molar-refractivity contribution in [3.63, 3.8) is 0 Å². The summed E-state index contributed by atoms with van der Waals surface area (Å²) in [5, 5.41) is 8.82. The summed E-state index contributed by atoms with van der Waals surface area (Å²) in [7, 11) is 0. The molecular formula is C45H70O3. The van der Waals surface area contributed by atoms with Crippen molar-refractivity contribution in [1.82, 2.24) is 0 Å². The van der Waals surface area contributed by atoms with Gasteiger partial charge in [0.15, 0.2) is 0 Å². The van der Waals surface area contributed by atoms with Crippen LogP contribution < -0.4 is 0 Å². The van der Waals surface area contributed by atoms with Gasteiger partial charge in [-0.1, -0.05) is 109 Å². The summed E-state index contributed by atoms with van der Waals surface area (Å²) in [6.07, 6.45) is 59.8. The number of aliphatic hydroxyl groups is 1. The van der Waals surface area contributed by atoms with Gasteiger partial charge in [-0.2, -0.15) is 0 Å². The highest BCUT2D eigenvalue weighted by Crippen LogP contribution is 2.18. The molecule has 0 aromatic carbocycles. The molecule has 0 aromatic heterocycles. The van der Waals surface area contributed by atoms with Crippen molar-refractivity contribution in [2.45, 2.75) is 143 Å². The van der Waals surface area contributed by atoms with Gasteiger partial charge in [0.05, 0.1) is 6.10 Å². The van der Waals surface area contributed by atoms with Crippen LogP contribution in [0.15, 0.2) is 122 Å². The Labute approximate surface area is 296 Å². The van der Waals surface area contributed by atoms with E-state index in [-0.39, 0.29) is 18.2 Å². The quantitative estimate of drug-likeness (QED) is 0.175. The molecular weight excluding hydrogens is 588 g/mol. The third-order valence-corrected chi connectivity index (χ3v) is 7.95. The number of hydrogen-bond donors (Lipinski definition) is 1. The minimum absolute atomic E-state index is 0.0579. The number of ether oxygens (including phenoxy) is 1. The summed E-state index contributed by atoms with van der Waals surface area (Å²) in [5.41, 5.74) is 0. The van der Waals surface area contributed by atoms with Crippen LogP contribution in [-0.2, 0) is 9.53 Å². The molecule has 3 nitrogen and oxygen atoms in total. The minimum atomic E-state index is -0.188. The lowest BCUT2D eigenvalue weighted by Crippen LogP contribution is -2.09. The molecule has 0 fully saturated rings. The van der Waals surface area contributed by atoms with E-state index in [1.54, 1.807) is 0 Å². The van der Waals surface area contributed by atoms with Gasteiger partial charge < -0.3 is 9.84 Å². The Balaban J connectivity index is 0.000000553. The number of allylic oxidation sites excluding steroid dienone is 17. The predicted molar refractivity (Wildman–Crippen MR) is 212 cm³/mol. The molecule has 0 bridgehead atoms. The molecule has 0 heterocycles. The predicted octanol–water partition coefficient (Wildman–Crippen LogP) is 13.0. The maximum absolute atomic E-state index is 10.3. The van der Waals surface area contributed by atoms with E-state index in [9.17, 15) is 4.79 Å². The maximum Gasteiger partial charge on any atom is 0.303 e. The molecule has 0 amide bonds. The molecule has 0 spiro atoms. The monoisotopic (exact) mass is 659 g/mol. The molecule has 0 saturated carbocycles. The van der Waals surface area contributed by atoms with E-state index in [1.807, 2.05) is 24.3 Å². The van der Waals surface area contributed by atoms with Gasteiger partial charge in [-0.3, -0.25) is 4.79 Å². The van der Waals surface area contributed by atoms with Gasteiger partial charge in [-0.15, -0.1) is 6.58 Å². The lowest BCUT2D eigenvalue weighted by Gasteiger charge is -2.11. The third-order valence-electron chi connectivity index (χ3n) is 7.95. The van der Waals surface area contributed by atoms with Crippen molar-refractivity contribution in [3.05, 3.63) is 122 Å². The van der Waals surface area contributed by atoms with Crippen LogP contribution in [0.3, 0.4) is 0 Å². The second-order valence-corrected chi connectivity index (χ2v) is 12.4. The molecule has 0 aliphatic heterocycles. The van der Waals surface area contributed by atoms with Crippen molar-refractivity contribution in [2.75, 3.05) is 0 Å². The van der Waals surface area contributed by atoms with Gasteiger partial charge in [0.2, 0.25) is 0 Å². The summed E-state index contributed by atoms with van der Waals surface area (Å²) in [6.45, 7) is 11.4. The molecule has 5 rings (SSSR count). The molecule has 0 aromatic rings. The van der Waals surface area contributed by atoms with E-state index < -0.39 is 0 Å². The lowest BCUT2D eigenvalue weighted by atomic mass is 9.95. The van der Waals surface area contributed by atoms with Gasteiger partial charge in [0.1, 0.15) is 6.10 Å². The highest BCUT2D eigenvalue weighted by molar-refractivity contribution is 5.66. The van der Waals surface area contributed by atoms with Crippen LogP contribution >= 0.6 is 0 Å². The average Bonchev–Trinajstić information content (AvgIpc) is 3.80. The fraction of sp³-hybridized carbons (Fsp3) is 0.533. The van der Waals surface area contributed by atoms with Crippen LogP contribution in [-0.4, -0.2) is 23.3 Å². The van der Waals surface area contributed by atoms with Gasteiger partial charge in [0, 0.05) is 6.92 Å². The number of esters is 1. The van der Waals surface area contributed by atoms with Crippen molar-refractivity contribution in [1.29, 1.82) is 0 Å². The summed E-state index contributed by atoms with van der Waals surface area (Å²) in [5.74, 6) is 1.33. The summed E-state index contributed by atoms with van der Waals surface area (Å²) in [6, 6.07) is 0. The van der Waals surface area contributed by atoms with Crippen LogP contribution in [0.4, 0.5) is 0 Å². The third kappa shape index (κ3) is 31.4. The molecule has 268 valence electrons. The Morgan fingerprint density at radius 2 is 1.25 bits per heavy atom. The fourth-order valence-corrected chi connectivity index (χ4v) is 5.19. The van der Waals surface area contributed by atoms with Crippen molar-refractivity contribution in [3.8, 4) is 0 Å². The summed E-state index contributed by atoms with van der Waals surface area (Å²) < 4.78 is 4.89. The lowest BCUT2D eigenvalue weighted by molar-refractivity contribution is -0.144. The van der Waals surface area contributed by atoms with E-state index in [0.717, 1.165) is 43.9 Å². The SMILES string of the molecule is C/C=C/CC/C=C/C.C/C=C\C1C=CCC1.C1=CCC/C=C\CC1.C=CC1CC=CCC1.CC(=O)OC1C=CCC1.OC1C=CCCC1. The van der Waals surface area contributed by atoms with Crippen molar-refractivity contribution >= 4 is 5.97 Å². The highest BCUT2D eigenvalue weighted by atomic mass is 16.5. The molecule has 5 aliphatic rings. The highest BCUT2D eigenvalue weighted by Gasteiger charge is 2.10. The molecule has 1 N–H and O–H groups in total. The van der Waals surface area contributed by atoms with Crippen molar-refractivity contribution < 1.29 is 14.6 Å². The van der Waals surface area contributed by atoms with Gasteiger partial charge in [-0.25, -0.2) is 0 Å². The van der Waals surface area contributed by atoms with Crippen molar-refractivity contribution in [2.24, 2.45) is 11.8 Å². The maximum atomic E-state index is 10.3. The van der Waals surface area contributed by atoms with Crippen LogP contribution in [0.5, 0.6) is 0 Å². The number of carbonyl (C=O) groups excluding carboxylic acids is 1. The van der Waals surface area contributed by atoms with Gasteiger partial charge in [0.25, 0.3) is 0 Å². The minimum Gasteiger partial charge on any atom is -0.458 e. The van der Waals surface area contributed by atoms with E-state index in [0.29, 0.717) is 0 Å². The molecule has 0 saturated heterocycles. The van der Waals surface area contributed by atoms with Crippen LogP contribution in [0.1, 0.15) is 130 Å². The standard InChI is InChI=1S/3C8H12.C8H14.C7H10O2.C6H10O/c1-2-8-6-4-3-5-7-8;1-2-5-8-6-3-4-7-8;1-2-4-6-8-7-5-3-1;1-3-5-7-8-6-4-2;1-6(8)9-7-4-2-3-5-7;7-6-4-2-1-3-5-6/h2-4,8H,1,5-7H2;2-3,5-6,8H,4,7H2,1H3;1-2,7-8H,3-6H2;3-6H,7-8H2,1-2H3;2,4,7H,3,5H2,1H3;2,4,6-7H,1,3,5H2/b;5-2-;2-1-,8-7?;5-3+,6-4+;;. The molecule has 3 heteroatoms. The van der Waals surface area contributed by atoms with Gasteiger partial charge in [-0.05, 0) is 141 Å². The van der Waals surface area contributed by atoms with E-state index in [4.69, 9.17) is 9.84 Å². The van der Waals surface area contributed by atoms with Crippen LogP contribution in [0, 0.1) is 11.8 Å². The topological polar surface area (TPSA) is 46.5 Å². The van der Waals surface area contributed by atoms with E-state index in [2.05, 4.69) is 118 Å². The largest absolute Gasteiger partial charge is 0.458 e. The van der Waals surface area contributed by atoms with Crippen LogP contribution in [0.2, 0.25) is 0 Å². The molecule has 5 aliphatic carbocycles. The normalized spacial score (nSPS) is 24.3. The number of hydrogen-bond acceptors (Lipinski definition) is 3. The number of aliphatic hydroxyl groups excluding tert-OH is 1.